The molecule has 6 heteroatoms. The van der Waals surface area contributed by atoms with E-state index in [1.54, 1.807) is 31.3 Å². The van der Waals surface area contributed by atoms with E-state index in [0.29, 0.717) is 21.4 Å². The second-order valence-corrected chi connectivity index (χ2v) is 4.06. The van der Waals surface area contributed by atoms with Crippen molar-refractivity contribution >= 4 is 27.9 Å². The van der Waals surface area contributed by atoms with Gasteiger partial charge in [0.15, 0.2) is 5.01 Å². The molecule has 0 unspecified atom stereocenters. The fourth-order valence-corrected chi connectivity index (χ4v) is 1.89. The molecule has 0 saturated carbocycles. The number of carbonyl (C=O) groups is 1. The Bertz CT molecular complexity index is 523. The molecule has 1 heterocycles. The summed E-state index contributed by atoms with van der Waals surface area (Å²) >= 11 is 1.21. The zero-order valence-corrected chi connectivity index (χ0v) is 9.41. The summed E-state index contributed by atoms with van der Waals surface area (Å²) in [6, 6.07) is 6.92. The monoisotopic (exact) mass is 234 g/mol. The lowest BCUT2D eigenvalue weighted by atomic mass is 10.1. The van der Waals surface area contributed by atoms with Crippen molar-refractivity contribution in [1.82, 2.24) is 10.2 Å². The van der Waals surface area contributed by atoms with Crippen molar-refractivity contribution in [2.75, 3.05) is 18.1 Å². The number of nitrogen functional groups attached to an aromatic ring is 1. The highest BCUT2D eigenvalue weighted by molar-refractivity contribution is 7.17. The Balaban J connectivity index is 2.35. The third-order valence-electron chi connectivity index (χ3n) is 2.04. The Morgan fingerprint density at radius 3 is 2.75 bits per heavy atom. The number of carbonyl (C=O) groups excluding carboxylic acids is 1. The molecule has 0 amide bonds. The summed E-state index contributed by atoms with van der Waals surface area (Å²) in [4.78, 5) is 12.0. The van der Waals surface area contributed by atoms with Crippen molar-refractivity contribution in [2.45, 2.75) is 0 Å². The van der Waals surface area contributed by atoms with E-state index in [1.165, 1.54) is 11.3 Å². The Morgan fingerprint density at radius 2 is 2.12 bits per heavy atom. The van der Waals surface area contributed by atoms with E-state index in [1.807, 2.05) is 0 Å². The number of nitrogens with zero attached hydrogens (tertiary/aromatic N) is 2. The molecule has 0 aliphatic carbocycles. The van der Waals surface area contributed by atoms with Crippen molar-refractivity contribution in [3.8, 4) is 0 Å². The van der Waals surface area contributed by atoms with Gasteiger partial charge < -0.3 is 11.1 Å². The lowest BCUT2D eigenvalue weighted by molar-refractivity contribution is 0.103. The molecule has 3 N–H and O–H groups in total. The van der Waals surface area contributed by atoms with E-state index in [4.69, 9.17) is 5.73 Å². The molecule has 0 bridgehead atoms. The lowest BCUT2D eigenvalue weighted by Crippen LogP contribution is -2.04. The zero-order valence-electron chi connectivity index (χ0n) is 8.60. The smallest absolute Gasteiger partial charge is 0.225 e. The fraction of sp³-hybridized carbons (Fsp3) is 0.100. The molecular weight excluding hydrogens is 224 g/mol. The minimum Gasteiger partial charge on any atom is -0.398 e. The van der Waals surface area contributed by atoms with Crippen LogP contribution in [0.4, 0.5) is 10.8 Å². The summed E-state index contributed by atoms with van der Waals surface area (Å²) in [5.41, 5.74) is 6.63. The molecular formula is C10H10N4OS. The van der Waals surface area contributed by atoms with Crippen LogP contribution in [0, 0.1) is 0 Å². The maximum atomic E-state index is 12.0. The molecule has 1 aromatic heterocycles. The van der Waals surface area contributed by atoms with Crippen LogP contribution in [0.25, 0.3) is 0 Å². The van der Waals surface area contributed by atoms with Gasteiger partial charge in [-0.3, -0.25) is 4.79 Å². The van der Waals surface area contributed by atoms with Gasteiger partial charge in [0.25, 0.3) is 0 Å². The number of anilines is 2. The molecule has 82 valence electrons. The highest BCUT2D eigenvalue weighted by Crippen LogP contribution is 2.20. The summed E-state index contributed by atoms with van der Waals surface area (Å²) in [6.07, 6.45) is 0. The Hall–Kier alpha value is -1.95. The third-order valence-corrected chi connectivity index (χ3v) is 2.98. The topological polar surface area (TPSA) is 80.9 Å². The van der Waals surface area contributed by atoms with Gasteiger partial charge in [-0.1, -0.05) is 23.5 Å². The van der Waals surface area contributed by atoms with Gasteiger partial charge in [-0.2, -0.15) is 0 Å². The van der Waals surface area contributed by atoms with Gasteiger partial charge in [-0.25, -0.2) is 0 Å². The van der Waals surface area contributed by atoms with E-state index in [9.17, 15) is 4.79 Å². The molecule has 5 nitrogen and oxygen atoms in total. The van der Waals surface area contributed by atoms with Gasteiger partial charge in [0.05, 0.1) is 0 Å². The fourth-order valence-electron chi connectivity index (χ4n) is 1.24. The van der Waals surface area contributed by atoms with Crippen LogP contribution in [-0.4, -0.2) is 23.0 Å². The SMILES string of the molecule is CNc1nnc(C(=O)c2ccccc2N)s1. The first kappa shape index (κ1) is 10.6. The summed E-state index contributed by atoms with van der Waals surface area (Å²) in [6.45, 7) is 0. The number of para-hydroxylation sites is 1. The molecule has 0 fully saturated rings. The molecule has 0 atom stereocenters. The van der Waals surface area contributed by atoms with Crippen molar-refractivity contribution in [3.63, 3.8) is 0 Å². The Labute approximate surface area is 96.3 Å². The van der Waals surface area contributed by atoms with Crippen LogP contribution in [0.2, 0.25) is 0 Å². The number of rotatable bonds is 3. The second kappa shape index (κ2) is 4.28. The van der Waals surface area contributed by atoms with Crippen LogP contribution in [0.3, 0.4) is 0 Å². The molecule has 0 aliphatic rings. The minimum atomic E-state index is -0.197. The summed E-state index contributed by atoms with van der Waals surface area (Å²) in [7, 11) is 1.73. The zero-order chi connectivity index (χ0) is 11.5. The number of nitrogens with two attached hydrogens (primary N) is 1. The first-order valence-corrected chi connectivity index (χ1v) is 5.44. The van der Waals surface area contributed by atoms with Gasteiger partial charge in [-0.15, -0.1) is 10.2 Å². The highest BCUT2D eigenvalue weighted by atomic mass is 32.1. The van der Waals surface area contributed by atoms with Crippen LogP contribution in [0.1, 0.15) is 15.4 Å². The second-order valence-electron chi connectivity index (χ2n) is 3.08. The minimum absolute atomic E-state index is 0.197. The van der Waals surface area contributed by atoms with Crippen LogP contribution >= 0.6 is 11.3 Å². The van der Waals surface area contributed by atoms with Crippen molar-refractivity contribution < 1.29 is 4.79 Å². The molecule has 0 radical (unpaired) electrons. The average Bonchev–Trinajstić information content (AvgIpc) is 2.77. The van der Waals surface area contributed by atoms with E-state index >= 15 is 0 Å². The van der Waals surface area contributed by atoms with Crippen molar-refractivity contribution in [1.29, 1.82) is 0 Å². The number of aromatic nitrogens is 2. The van der Waals surface area contributed by atoms with Crippen molar-refractivity contribution in [3.05, 3.63) is 34.8 Å². The summed E-state index contributed by atoms with van der Waals surface area (Å²) in [5, 5.41) is 11.4. The first-order valence-electron chi connectivity index (χ1n) is 4.63. The number of nitrogens with one attached hydrogen (secondary N) is 1. The molecule has 2 rings (SSSR count). The number of hydrogen-bond donors (Lipinski definition) is 2. The Morgan fingerprint density at radius 1 is 1.38 bits per heavy atom. The molecule has 0 aliphatic heterocycles. The van der Waals surface area contributed by atoms with Crippen LogP contribution < -0.4 is 11.1 Å². The first-order chi connectivity index (χ1) is 7.72. The van der Waals surface area contributed by atoms with E-state index in [2.05, 4.69) is 15.5 Å². The van der Waals surface area contributed by atoms with Crippen LogP contribution in [0.5, 0.6) is 0 Å². The largest absolute Gasteiger partial charge is 0.398 e. The predicted octanol–water partition coefficient (Wildman–Crippen LogP) is 1.39. The van der Waals surface area contributed by atoms with Crippen LogP contribution in [0.15, 0.2) is 24.3 Å². The maximum Gasteiger partial charge on any atom is 0.225 e. The van der Waals surface area contributed by atoms with Gasteiger partial charge in [0.2, 0.25) is 10.9 Å². The van der Waals surface area contributed by atoms with Gasteiger partial charge in [-0.05, 0) is 12.1 Å². The maximum absolute atomic E-state index is 12.0. The highest BCUT2D eigenvalue weighted by Gasteiger charge is 2.16. The Kier molecular flexibility index (Phi) is 2.82. The average molecular weight is 234 g/mol. The lowest BCUT2D eigenvalue weighted by Gasteiger charge is -2.00. The molecule has 0 spiro atoms. The molecule has 2 aromatic rings. The quantitative estimate of drug-likeness (QED) is 0.619. The molecule has 1 aromatic carbocycles. The number of hydrogen-bond acceptors (Lipinski definition) is 6. The van der Waals surface area contributed by atoms with E-state index in [0.717, 1.165) is 0 Å². The van der Waals surface area contributed by atoms with Gasteiger partial charge in [0, 0.05) is 18.3 Å². The summed E-state index contributed by atoms with van der Waals surface area (Å²) in [5.74, 6) is -0.197. The predicted molar refractivity (Wildman–Crippen MR) is 63.7 cm³/mol. The van der Waals surface area contributed by atoms with E-state index in [-0.39, 0.29) is 5.78 Å². The van der Waals surface area contributed by atoms with Crippen LogP contribution in [-0.2, 0) is 0 Å². The molecule has 16 heavy (non-hydrogen) atoms. The van der Waals surface area contributed by atoms with E-state index < -0.39 is 0 Å². The molecule has 0 saturated heterocycles. The third kappa shape index (κ3) is 1.87. The van der Waals surface area contributed by atoms with Gasteiger partial charge >= 0.3 is 0 Å². The number of ketones is 1. The summed E-state index contributed by atoms with van der Waals surface area (Å²) < 4.78 is 0. The number of benzene rings is 1. The normalized spacial score (nSPS) is 10.1. The standard InChI is InChI=1S/C10H10N4OS/c1-12-10-14-13-9(16-10)8(15)6-4-2-3-5-7(6)11/h2-5H,11H2,1H3,(H,12,14). The van der Waals surface area contributed by atoms with Crippen molar-refractivity contribution in [2.24, 2.45) is 0 Å². The van der Waals surface area contributed by atoms with Gasteiger partial charge in [0.1, 0.15) is 0 Å².